The van der Waals surface area contributed by atoms with Crippen molar-refractivity contribution in [2.75, 3.05) is 0 Å². The van der Waals surface area contributed by atoms with Crippen LogP contribution in [0.5, 0.6) is 0 Å². The van der Waals surface area contributed by atoms with Crippen molar-refractivity contribution in [1.82, 2.24) is 0 Å². The average Bonchev–Trinajstić information content (AvgIpc) is 2.47. The Bertz CT molecular complexity index is 737. The predicted molar refractivity (Wildman–Crippen MR) is 89.8 cm³/mol. The summed E-state index contributed by atoms with van der Waals surface area (Å²) in [6.07, 6.45) is -0.251. The third-order valence-corrected chi connectivity index (χ3v) is 5.34. The van der Waals surface area contributed by atoms with E-state index in [0.29, 0.717) is 0 Å². The zero-order valence-corrected chi connectivity index (χ0v) is 13.3. The van der Waals surface area contributed by atoms with E-state index in [-0.39, 0.29) is 6.42 Å². The molecule has 4 nitrogen and oxygen atoms in total. The van der Waals surface area contributed by atoms with Crippen LogP contribution in [0, 0.1) is 0 Å². The number of carboxylic acid groups (broad SMARTS) is 1. The fraction of sp³-hybridized carbons (Fsp3) is 0.188. The van der Waals surface area contributed by atoms with Crippen LogP contribution in [-0.4, -0.2) is 25.1 Å². The first kappa shape index (κ1) is 16.6. The molecule has 2 aromatic rings. The Labute approximate surface area is 134 Å². The van der Waals surface area contributed by atoms with Gasteiger partial charge in [-0.2, -0.15) is 0 Å². The summed E-state index contributed by atoms with van der Waals surface area (Å²) in [4.78, 5) is 10.8. The van der Waals surface area contributed by atoms with Gasteiger partial charge in [-0.25, -0.2) is 4.21 Å². The quantitative estimate of drug-likeness (QED) is 0.848. The molecule has 0 saturated heterocycles. The Kier molecular flexibility index (Phi) is 5.28. The van der Waals surface area contributed by atoms with E-state index in [9.17, 15) is 13.6 Å². The monoisotopic (exact) mass is 336 g/mol. The number of benzene rings is 2. The van der Waals surface area contributed by atoms with Gasteiger partial charge in [0, 0.05) is 11.2 Å². The molecular formula is C16H16O4S2. The van der Waals surface area contributed by atoms with Gasteiger partial charge < -0.3 is 9.66 Å². The largest absolute Gasteiger partial charge is 0.481 e. The minimum absolute atomic E-state index is 0.167. The van der Waals surface area contributed by atoms with Crippen LogP contribution in [0.15, 0.2) is 54.6 Å². The Balaban J connectivity index is 2.18. The smallest absolute Gasteiger partial charge is 0.304 e. The van der Waals surface area contributed by atoms with Crippen molar-refractivity contribution >= 4 is 25.9 Å². The molecule has 0 fully saturated rings. The zero-order valence-electron chi connectivity index (χ0n) is 11.7. The van der Waals surface area contributed by atoms with Gasteiger partial charge in [0.05, 0.1) is 11.7 Å². The minimum atomic E-state index is -3.57. The lowest BCUT2D eigenvalue weighted by molar-refractivity contribution is -0.137. The maximum atomic E-state index is 11.6. The van der Waals surface area contributed by atoms with Crippen molar-refractivity contribution in [3.8, 4) is 11.1 Å². The molecule has 0 aliphatic heterocycles. The molecule has 0 amide bonds. The topological polar surface area (TPSA) is 74.6 Å². The maximum absolute atomic E-state index is 11.6. The summed E-state index contributed by atoms with van der Waals surface area (Å²) >= 11 is 4.55. The molecule has 0 heterocycles. The van der Waals surface area contributed by atoms with Crippen molar-refractivity contribution in [3.63, 3.8) is 0 Å². The summed E-state index contributed by atoms with van der Waals surface area (Å²) < 4.78 is 21.1. The van der Waals surface area contributed by atoms with E-state index in [1.165, 1.54) is 0 Å². The molecule has 0 bridgehead atoms. The summed E-state index contributed by atoms with van der Waals surface area (Å²) in [6, 6.07) is 17.3. The molecule has 2 unspecified atom stereocenters. The molecule has 22 heavy (non-hydrogen) atoms. The molecule has 0 saturated carbocycles. The van der Waals surface area contributed by atoms with Crippen LogP contribution >= 0.6 is 0 Å². The van der Waals surface area contributed by atoms with Crippen molar-refractivity contribution in [2.24, 2.45) is 0 Å². The van der Waals surface area contributed by atoms with Gasteiger partial charge in [0.25, 0.3) is 0 Å². The number of rotatable bonds is 6. The van der Waals surface area contributed by atoms with E-state index >= 15 is 0 Å². The van der Waals surface area contributed by atoms with Crippen molar-refractivity contribution in [3.05, 3.63) is 60.2 Å². The minimum Gasteiger partial charge on any atom is -0.481 e. The Morgan fingerprint density at radius 2 is 1.59 bits per heavy atom. The molecule has 0 aromatic heterocycles. The highest BCUT2D eigenvalue weighted by Gasteiger charge is 2.23. The van der Waals surface area contributed by atoms with Gasteiger partial charge in [0.2, 0.25) is 0 Å². The Hall–Kier alpha value is -1.76. The van der Waals surface area contributed by atoms with Crippen molar-refractivity contribution in [1.29, 1.82) is 0 Å². The first-order valence-electron chi connectivity index (χ1n) is 6.68. The second-order valence-electron chi connectivity index (χ2n) is 5.00. The average molecular weight is 336 g/mol. The van der Waals surface area contributed by atoms with Crippen LogP contribution < -0.4 is 0 Å². The lowest BCUT2D eigenvalue weighted by Crippen LogP contribution is -2.25. The second-order valence-corrected chi connectivity index (χ2v) is 8.13. The molecule has 2 N–H and O–H groups in total. The summed E-state index contributed by atoms with van der Waals surface area (Å²) in [5.74, 6) is -1.13. The number of carbonyl (C=O) groups is 1. The maximum Gasteiger partial charge on any atom is 0.304 e. The second kappa shape index (κ2) is 7.00. The number of carboxylic acids is 1. The summed E-state index contributed by atoms with van der Waals surface area (Å²) in [5.41, 5.74) is 2.89. The Morgan fingerprint density at radius 3 is 2.09 bits per heavy atom. The van der Waals surface area contributed by atoms with E-state index in [1.807, 2.05) is 54.6 Å². The molecule has 0 radical (unpaired) electrons. The van der Waals surface area contributed by atoms with Crippen LogP contribution in [0.25, 0.3) is 11.1 Å². The molecule has 2 aromatic carbocycles. The number of aliphatic carboxylic acids is 1. The van der Waals surface area contributed by atoms with Crippen molar-refractivity contribution in [2.45, 2.75) is 18.1 Å². The first-order valence-corrected chi connectivity index (χ1v) is 9.19. The fourth-order valence-electron chi connectivity index (χ4n) is 2.20. The summed E-state index contributed by atoms with van der Waals surface area (Å²) in [7, 11) is -3.57. The normalized spacial score (nSPS) is 15.0. The highest BCUT2D eigenvalue weighted by Crippen LogP contribution is 2.21. The summed E-state index contributed by atoms with van der Waals surface area (Å²) in [6.45, 7) is 0. The van der Waals surface area contributed by atoms with E-state index in [4.69, 9.17) is 5.11 Å². The van der Waals surface area contributed by atoms with Crippen LogP contribution in [0.4, 0.5) is 0 Å². The van der Waals surface area contributed by atoms with Crippen LogP contribution in [0.3, 0.4) is 0 Å². The standard InChI is InChI=1S/C16H16O4S2/c17-16(18)11-15(22(19,20)21)10-12-6-8-14(9-7-12)13-4-2-1-3-5-13/h1-9,15H,10-11H2,(H,17,18)(H,19,20,21). The third kappa shape index (κ3) is 4.62. The highest BCUT2D eigenvalue weighted by molar-refractivity contribution is 8.30. The van der Waals surface area contributed by atoms with Crippen LogP contribution in [0.2, 0.25) is 0 Å². The molecule has 6 heteroatoms. The van der Waals surface area contributed by atoms with Gasteiger partial charge >= 0.3 is 5.97 Å². The molecule has 2 atom stereocenters. The molecule has 116 valence electrons. The van der Waals surface area contributed by atoms with Gasteiger partial charge in [-0.15, -0.1) is 0 Å². The lowest BCUT2D eigenvalue weighted by atomic mass is 10.0. The third-order valence-electron chi connectivity index (χ3n) is 3.35. The van der Waals surface area contributed by atoms with E-state index < -0.39 is 26.4 Å². The number of hydrogen-bond donors (Lipinski definition) is 2. The van der Waals surface area contributed by atoms with E-state index in [2.05, 4.69) is 11.2 Å². The van der Waals surface area contributed by atoms with E-state index in [1.54, 1.807) is 0 Å². The predicted octanol–water partition coefficient (Wildman–Crippen LogP) is 2.96. The Morgan fingerprint density at radius 1 is 1.05 bits per heavy atom. The molecule has 0 spiro atoms. The SMILES string of the molecule is O=C(O)CC(Cc1ccc(-c2ccccc2)cc1)S(=O)(O)=S. The van der Waals surface area contributed by atoms with E-state index in [0.717, 1.165) is 16.7 Å². The highest BCUT2D eigenvalue weighted by atomic mass is 32.8. The van der Waals surface area contributed by atoms with Gasteiger partial charge in [0.1, 0.15) is 8.77 Å². The van der Waals surface area contributed by atoms with Crippen molar-refractivity contribution < 1.29 is 18.7 Å². The lowest BCUT2D eigenvalue weighted by Gasteiger charge is -2.14. The molecular weight excluding hydrogens is 320 g/mol. The van der Waals surface area contributed by atoms with Crippen LogP contribution in [0.1, 0.15) is 12.0 Å². The molecule has 0 aliphatic carbocycles. The van der Waals surface area contributed by atoms with Gasteiger partial charge in [-0.1, -0.05) is 54.6 Å². The zero-order chi connectivity index (χ0) is 16.2. The number of hydrogen-bond acceptors (Lipinski definition) is 3. The fourth-order valence-corrected chi connectivity index (χ4v) is 3.37. The van der Waals surface area contributed by atoms with Gasteiger partial charge in [-0.05, 0) is 23.1 Å². The summed E-state index contributed by atoms with van der Waals surface area (Å²) in [5, 5.41) is 7.87. The van der Waals surface area contributed by atoms with Gasteiger partial charge in [-0.3, -0.25) is 4.79 Å². The van der Waals surface area contributed by atoms with Gasteiger partial charge in [0.15, 0.2) is 0 Å². The molecule has 0 aliphatic rings. The molecule has 2 rings (SSSR count). The van der Waals surface area contributed by atoms with Crippen LogP contribution in [-0.2, 0) is 31.2 Å². The first-order chi connectivity index (χ1) is 10.4.